The summed E-state index contributed by atoms with van der Waals surface area (Å²) in [5.74, 6) is 1.92. The molecule has 0 unspecified atom stereocenters. The molecule has 3 heteroatoms. The van der Waals surface area contributed by atoms with Gasteiger partial charge in [0.05, 0.1) is 0 Å². The summed E-state index contributed by atoms with van der Waals surface area (Å²) in [4.78, 5) is 15.4. The minimum absolute atomic E-state index is 0.0832. The van der Waals surface area contributed by atoms with E-state index in [9.17, 15) is 0 Å². The monoisotopic (exact) mass is 743 g/mol. The molecule has 9 aromatic carbocycles. The molecule has 0 radical (unpaired) electrons. The van der Waals surface area contributed by atoms with Crippen molar-refractivity contribution >= 4 is 32.3 Å². The van der Waals surface area contributed by atoms with E-state index < -0.39 is 0 Å². The van der Waals surface area contributed by atoms with E-state index in [1.807, 2.05) is 24.3 Å². The minimum Gasteiger partial charge on any atom is -0.208 e. The first kappa shape index (κ1) is 35.2. The SMILES string of the molecule is CC(C)(C)c1ccc(-c2c3ccccc3c(-c3ccc(-c4nc(-c5ccccc5)nc(-c5ccc(-c6ccccc6)cc5)n4)c4ccccc34)c3ccccc23)cc1. The number of nitrogens with zero attached hydrogens (tertiary/aromatic N) is 3. The molecule has 58 heavy (non-hydrogen) atoms. The molecule has 0 saturated heterocycles. The molecule has 0 N–H and O–H groups in total. The van der Waals surface area contributed by atoms with Gasteiger partial charge in [0.2, 0.25) is 0 Å². The summed E-state index contributed by atoms with van der Waals surface area (Å²) in [6, 6.07) is 69.2. The predicted octanol–water partition coefficient (Wildman–Crippen LogP) is 14.6. The van der Waals surface area contributed by atoms with Crippen molar-refractivity contribution in [2.24, 2.45) is 0 Å². The lowest BCUT2D eigenvalue weighted by Gasteiger charge is -2.21. The first-order chi connectivity index (χ1) is 28.4. The number of rotatable bonds is 6. The second-order valence-corrected chi connectivity index (χ2v) is 16.0. The highest BCUT2D eigenvalue weighted by Gasteiger charge is 2.21. The zero-order valence-corrected chi connectivity index (χ0v) is 32.8. The summed E-state index contributed by atoms with van der Waals surface area (Å²) >= 11 is 0. The fourth-order valence-electron chi connectivity index (χ4n) is 8.36. The lowest BCUT2D eigenvalue weighted by Crippen LogP contribution is -2.10. The molecule has 1 aromatic heterocycles. The van der Waals surface area contributed by atoms with Crippen molar-refractivity contribution in [3.63, 3.8) is 0 Å². The molecule has 0 aliphatic heterocycles. The normalized spacial score (nSPS) is 11.7. The van der Waals surface area contributed by atoms with Crippen LogP contribution in [0.3, 0.4) is 0 Å². The van der Waals surface area contributed by atoms with Crippen LogP contribution >= 0.6 is 0 Å². The smallest absolute Gasteiger partial charge is 0.164 e. The van der Waals surface area contributed by atoms with Crippen molar-refractivity contribution in [2.45, 2.75) is 26.2 Å². The van der Waals surface area contributed by atoms with Crippen molar-refractivity contribution in [2.75, 3.05) is 0 Å². The first-order valence-corrected chi connectivity index (χ1v) is 19.9. The van der Waals surface area contributed by atoms with Gasteiger partial charge in [-0.3, -0.25) is 0 Å². The highest BCUT2D eigenvalue weighted by Crippen LogP contribution is 2.46. The van der Waals surface area contributed by atoms with E-state index in [2.05, 4.69) is 191 Å². The third-order valence-corrected chi connectivity index (χ3v) is 11.3. The zero-order valence-electron chi connectivity index (χ0n) is 32.8. The molecular formula is C55H41N3. The zero-order chi connectivity index (χ0) is 39.2. The Morgan fingerprint density at radius 2 is 0.638 bits per heavy atom. The molecule has 0 aliphatic carbocycles. The first-order valence-electron chi connectivity index (χ1n) is 19.9. The van der Waals surface area contributed by atoms with Crippen molar-refractivity contribution in [1.82, 2.24) is 15.0 Å². The number of hydrogen-bond donors (Lipinski definition) is 0. The van der Waals surface area contributed by atoms with E-state index in [-0.39, 0.29) is 5.41 Å². The van der Waals surface area contributed by atoms with Crippen LogP contribution in [0.25, 0.3) is 99.9 Å². The molecule has 3 nitrogen and oxygen atoms in total. The number of benzene rings is 9. The summed E-state index contributed by atoms with van der Waals surface area (Å²) in [7, 11) is 0. The molecule has 0 bridgehead atoms. The Labute approximate surface area is 339 Å². The largest absolute Gasteiger partial charge is 0.208 e. The molecule has 0 spiro atoms. The molecule has 10 rings (SSSR count). The highest BCUT2D eigenvalue weighted by atomic mass is 15.0. The maximum absolute atomic E-state index is 5.20. The Kier molecular flexibility index (Phi) is 8.72. The Bertz CT molecular complexity index is 3050. The van der Waals surface area contributed by atoms with Crippen LogP contribution in [0.4, 0.5) is 0 Å². The van der Waals surface area contributed by atoms with E-state index in [1.165, 1.54) is 54.9 Å². The average Bonchev–Trinajstić information content (AvgIpc) is 3.28. The number of aromatic nitrogens is 3. The van der Waals surface area contributed by atoms with Gasteiger partial charge in [-0.05, 0) is 82.7 Å². The van der Waals surface area contributed by atoms with Crippen molar-refractivity contribution in [1.29, 1.82) is 0 Å². The molecule has 0 aliphatic rings. The molecule has 0 atom stereocenters. The van der Waals surface area contributed by atoms with E-state index in [1.54, 1.807) is 0 Å². The van der Waals surface area contributed by atoms with Gasteiger partial charge in [-0.2, -0.15) is 0 Å². The molecule has 0 saturated carbocycles. The summed E-state index contributed by atoms with van der Waals surface area (Å²) < 4.78 is 0. The van der Waals surface area contributed by atoms with Crippen LogP contribution in [0.2, 0.25) is 0 Å². The lowest BCUT2D eigenvalue weighted by atomic mass is 9.83. The van der Waals surface area contributed by atoms with Crippen LogP contribution < -0.4 is 0 Å². The van der Waals surface area contributed by atoms with Gasteiger partial charge < -0.3 is 0 Å². The van der Waals surface area contributed by atoms with Crippen LogP contribution in [0.5, 0.6) is 0 Å². The molecule has 276 valence electrons. The van der Waals surface area contributed by atoms with E-state index in [0.29, 0.717) is 17.5 Å². The van der Waals surface area contributed by atoms with E-state index >= 15 is 0 Å². The third kappa shape index (κ3) is 6.31. The fraction of sp³-hybridized carbons (Fsp3) is 0.0727. The number of hydrogen-bond acceptors (Lipinski definition) is 3. The molecule has 1 heterocycles. The van der Waals surface area contributed by atoms with Crippen LogP contribution in [0, 0.1) is 0 Å². The molecular weight excluding hydrogens is 703 g/mol. The van der Waals surface area contributed by atoms with Gasteiger partial charge in [-0.1, -0.05) is 209 Å². The van der Waals surface area contributed by atoms with Crippen LogP contribution in [-0.2, 0) is 5.41 Å². The van der Waals surface area contributed by atoms with Gasteiger partial charge in [-0.15, -0.1) is 0 Å². The van der Waals surface area contributed by atoms with Gasteiger partial charge in [0, 0.05) is 16.7 Å². The van der Waals surface area contributed by atoms with Crippen molar-refractivity contribution in [3.05, 3.63) is 200 Å². The molecule has 0 amide bonds. The fourth-order valence-corrected chi connectivity index (χ4v) is 8.36. The maximum Gasteiger partial charge on any atom is 0.164 e. The third-order valence-electron chi connectivity index (χ3n) is 11.3. The summed E-state index contributed by atoms with van der Waals surface area (Å²) in [6.07, 6.45) is 0. The van der Waals surface area contributed by atoms with Gasteiger partial charge in [0.25, 0.3) is 0 Å². The quantitative estimate of drug-likeness (QED) is 0.159. The molecule has 10 aromatic rings. The summed E-state index contributed by atoms with van der Waals surface area (Å²) in [6.45, 7) is 6.80. The Morgan fingerprint density at radius 1 is 0.276 bits per heavy atom. The van der Waals surface area contributed by atoms with E-state index in [4.69, 9.17) is 15.0 Å². The highest BCUT2D eigenvalue weighted by molar-refractivity contribution is 6.24. The van der Waals surface area contributed by atoms with Gasteiger partial charge in [-0.25, -0.2) is 15.0 Å². The standard InChI is InChI=1S/C55H41N3/c1-55(2,3)41-32-30-38(31-33-41)50-44-22-12-14-24-46(44)51(47-25-15-13-23-45(47)50)48-34-35-49(43-21-11-10-20-42(43)48)54-57-52(39-18-8-5-9-19-39)56-53(58-54)40-28-26-37(27-29-40)36-16-6-4-7-17-36/h4-35H,1-3H3. The molecule has 0 fully saturated rings. The maximum atomic E-state index is 5.20. The second kappa shape index (κ2) is 14.4. The van der Waals surface area contributed by atoms with Crippen LogP contribution in [0.1, 0.15) is 26.3 Å². The summed E-state index contributed by atoms with van der Waals surface area (Å²) in [5, 5.41) is 7.16. The Morgan fingerprint density at radius 3 is 1.17 bits per heavy atom. The van der Waals surface area contributed by atoms with Gasteiger partial charge >= 0.3 is 0 Å². The van der Waals surface area contributed by atoms with Crippen molar-refractivity contribution < 1.29 is 0 Å². The van der Waals surface area contributed by atoms with Crippen LogP contribution in [0.15, 0.2) is 194 Å². The topological polar surface area (TPSA) is 38.7 Å². The van der Waals surface area contributed by atoms with Gasteiger partial charge in [0.1, 0.15) is 0 Å². The number of fused-ring (bicyclic) bond motifs is 3. The second-order valence-electron chi connectivity index (χ2n) is 16.0. The minimum atomic E-state index is 0.0832. The summed E-state index contributed by atoms with van der Waals surface area (Å²) in [5.41, 5.74) is 11.5. The average molecular weight is 744 g/mol. The Hall–Kier alpha value is -7.23. The Balaban J connectivity index is 1.16. The van der Waals surface area contributed by atoms with Crippen LogP contribution in [-0.4, -0.2) is 15.0 Å². The lowest BCUT2D eigenvalue weighted by molar-refractivity contribution is 0.590. The van der Waals surface area contributed by atoms with Crippen molar-refractivity contribution in [3.8, 4) is 67.5 Å². The predicted molar refractivity (Wildman–Crippen MR) is 244 cm³/mol. The van der Waals surface area contributed by atoms with E-state index in [0.717, 1.165) is 33.0 Å². The van der Waals surface area contributed by atoms with Gasteiger partial charge in [0.15, 0.2) is 17.5 Å².